The molecule has 0 heterocycles. The summed E-state index contributed by atoms with van der Waals surface area (Å²) in [5.74, 6) is -3.90. The van der Waals surface area contributed by atoms with E-state index in [1.807, 2.05) is 27.7 Å². The highest BCUT2D eigenvalue weighted by Gasteiger charge is 2.45. The number of alkyl halides is 5. The van der Waals surface area contributed by atoms with Crippen LogP contribution in [-0.4, -0.2) is 42.1 Å². The van der Waals surface area contributed by atoms with Crippen LogP contribution < -0.4 is 0 Å². The van der Waals surface area contributed by atoms with Crippen molar-refractivity contribution in [2.75, 3.05) is 12.4 Å². The Labute approximate surface area is 144 Å². The van der Waals surface area contributed by atoms with Crippen LogP contribution in [0.25, 0.3) is 0 Å². The summed E-state index contributed by atoms with van der Waals surface area (Å²) in [6.45, 7) is 7.93. The molecule has 144 valence electrons. The van der Waals surface area contributed by atoms with Crippen molar-refractivity contribution in [3.63, 3.8) is 0 Å². The molecule has 0 aromatic carbocycles. The average molecular weight is 378 g/mol. The molecule has 2 unspecified atom stereocenters. The Kier molecular flexibility index (Phi) is 10.9. The summed E-state index contributed by atoms with van der Waals surface area (Å²) in [5, 5.41) is -0.492. The monoisotopic (exact) mass is 378 g/mol. The van der Waals surface area contributed by atoms with Gasteiger partial charge in [-0.05, 0) is 30.4 Å². The van der Waals surface area contributed by atoms with Gasteiger partial charge in [0, 0.05) is 6.42 Å². The Hall–Kier alpha value is -0.530. The van der Waals surface area contributed by atoms with E-state index in [-0.39, 0.29) is 30.6 Å². The van der Waals surface area contributed by atoms with Crippen molar-refractivity contribution in [1.29, 1.82) is 0 Å². The molecule has 0 fully saturated rings. The van der Waals surface area contributed by atoms with Crippen molar-refractivity contribution in [3.8, 4) is 0 Å². The summed E-state index contributed by atoms with van der Waals surface area (Å²) in [6.07, 6.45) is -7.75. The van der Waals surface area contributed by atoms with Gasteiger partial charge in [-0.1, -0.05) is 27.7 Å². The van der Waals surface area contributed by atoms with Crippen molar-refractivity contribution in [2.45, 2.75) is 70.7 Å². The van der Waals surface area contributed by atoms with E-state index in [1.54, 1.807) is 0 Å². The summed E-state index contributed by atoms with van der Waals surface area (Å²) in [7, 11) is 0. The van der Waals surface area contributed by atoms with Crippen molar-refractivity contribution < 1.29 is 31.5 Å². The molecule has 0 aromatic rings. The maximum absolute atomic E-state index is 13.2. The molecular weight excluding hydrogens is 351 g/mol. The van der Waals surface area contributed by atoms with E-state index >= 15 is 0 Å². The predicted octanol–water partition coefficient (Wildman–Crippen LogP) is 5.35. The van der Waals surface area contributed by atoms with Gasteiger partial charge in [-0.2, -0.15) is 0 Å². The Morgan fingerprint density at radius 2 is 1.67 bits per heavy atom. The van der Waals surface area contributed by atoms with Gasteiger partial charge >= 0.3 is 5.97 Å². The van der Waals surface area contributed by atoms with Crippen LogP contribution in [0.3, 0.4) is 0 Å². The highest BCUT2D eigenvalue weighted by Crippen LogP contribution is 2.32. The second-order valence-corrected chi connectivity index (χ2v) is 7.92. The van der Waals surface area contributed by atoms with Gasteiger partial charge in [0.2, 0.25) is 6.17 Å². The topological polar surface area (TPSA) is 26.3 Å². The van der Waals surface area contributed by atoms with Crippen LogP contribution >= 0.6 is 11.8 Å². The van der Waals surface area contributed by atoms with E-state index in [0.29, 0.717) is 6.42 Å². The lowest BCUT2D eigenvalue weighted by atomic mass is 10.1. The minimum Gasteiger partial charge on any atom is -0.465 e. The summed E-state index contributed by atoms with van der Waals surface area (Å²) in [6, 6.07) is 0. The second kappa shape index (κ2) is 11.2. The predicted molar refractivity (Wildman–Crippen MR) is 86.6 cm³/mol. The number of rotatable bonds is 12. The molecule has 0 aliphatic rings. The summed E-state index contributed by atoms with van der Waals surface area (Å²) < 4.78 is 68.5. The first kappa shape index (κ1) is 23.5. The molecule has 0 N–H and O–H groups in total. The van der Waals surface area contributed by atoms with E-state index in [9.17, 15) is 26.7 Å². The minimum absolute atomic E-state index is 0.152. The molecule has 0 aromatic heterocycles. The van der Waals surface area contributed by atoms with Crippen LogP contribution in [0.15, 0.2) is 0 Å². The Bertz CT molecular complexity index is 364. The molecule has 0 radical (unpaired) electrons. The first-order valence-corrected chi connectivity index (χ1v) is 9.10. The van der Waals surface area contributed by atoms with Crippen LogP contribution in [-0.2, 0) is 9.53 Å². The number of carbonyl (C=O) groups is 1. The SMILES string of the molecule is CC(C)COC(=O)C(CC(C)C)SCCCC(F)(F)C(F)C(F)F. The quantitative estimate of drug-likeness (QED) is 0.260. The normalized spacial score (nSPS) is 15.2. The van der Waals surface area contributed by atoms with Crippen molar-refractivity contribution >= 4 is 17.7 Å². The van der Waals surface area contributed by atoms with E-state index in [2.05, 4.69) is 0 Å². The van der Waals surface area contributed by atoms with Crippen LogP contribution in [0.4, 0.5) is 22.0 Å². The fraction of sp³-hybridized carbons (Fsp3) is 0.938. The fourth-order valence-corrected chi connectivity index (χ4v) is 3.18. The molecule has 0 aliphatic heterocycles. The van der Waals surface area contributed by atoms with Gasteiger partial charge < -0.3 is 4.74 Å². The average Bonchev–Trinajstić information content (AvgIpc) is 2.46. The van der Waals surface area contributed by atoms with Crippen LogP contribution in [0.5, 0.6) is 0 Å². The third-order valence-corrected chi connectivity index (χ3v) is 4.42. The van der Waals surface area contributed by atoms with Crippen LogP contribution in [0, 0.1) is 11.8 Å². The molecule has 0 bridgehead atoms. The summed E-state index contributed by atoms with van der Waals surface area (Å²) in [5.41, 5.74) is 0. The minimum atomic E-state index is -4.06. The molecule has 0 saturated heterocycles. The Balaban J connectivity index is 4.39. The van der Waals surface area contributed by atoms with E-state index in [0.717, 1.165) is 11.8 Å². The second-order valence-electron chi connectivity index (χ2n) is 6.61. The van der Waals surface area contributed by atoms with E-state index < -0.39 is 36.2 Å². The molecule has 0 amide bonds. The fourth-order valence-electron chi connectivity index (χ4n) is 1.86. The number of ether oxygens (including phenoxy) is 1. The number of esters is 1. The third-order valence-electron chi connectivity index (χ3n) is 3.11. The molecule has 0 saturated carbocycles. The lowest BCUT2D eigenvalue weighted by molar-refractivity contribution is -0.144. The number of halogens is 5. The standard InChI is InChI=1S/C16H27F5O2S/c1-10(2)8-12(15(22)23-9-11(3)4)24-7-5-6-16(20,21)13(17)14(18)19/h10-14H,5-9H2,1-4H3. The van der Waals surface area contributed by atoms with Gasteiger partial charge in [-0.25, -0.2) is 22.0 Å². The molecular formula is C16H27F5O2S. The van der Waals surface area contributed by atoms with Crippen molar-refractivity contribution in [3.05, 3.63) is 0 Å². The molecule has 0 spiro atoms. The number of hydrogen-bond acceptors (Lipinski definition) is 3. The largest absolute Gasteiger partial charge is 0.465 e. The highest BCUT2D eigenvalue weighted by atomic mass is 32.2. The number of hydrogen-bond donors (Lipinski definition) is 0. The van der Waals surface area contributed by atoms with Crippen LogP contribution in [0.2, 0.25) is 0 Å². The molecule has 2 nitrogen and oxygen atoms in total. The van der Waals surface area contributed by atoms with E-state index in [1.165, 1.54) is 0 Å². The zero-order chi connectivity index (χ0) is 18.9. The smallest absolute Gasteiger partial charge is 0.319 e. The van der Waals surface area contributed by atoms with Gasteiger partial charge in [0.25, 0.3) is 12.3 Å². The molecule has 2 atom stereocenters. The van der Waals surface area contributed by atoms with E-state index in [4.69, 9.17) is 4.74 Å². The zero-order valence-corrected chi connectivity index (χ0v) is 15.4. The molecule has 8 heteroatoms. The lowest BCUT2D eigenvalue weighted by Crippen LogP contribution is -2.35. The maximum atomic E-state index is 13.2. The maximum Gasteiger partial charge on any atom is 0.319 e. The van der Waals surface area contributed by atoms with Crippen molar-refractivity contribution in [2.24, 2.45) is 11.8 Å². The highest BCUT2D eigenvalue weighted by molar-refractivity contribution is 8.00. The molecule has 24 heavy (non-hydrogen) atoms. The number of thioether (sulfide) groups is 1. The Morgan fingerprint density at radius 1 is 1.08 bits per heavy atom. The van der Waals surface area contributed by atoms with Gasteiger partial charge in [0.1, 0.15) is 5.25 Å². The van der Waals surface area contributed by atoms with Gasteiger partial charge in [-0.15, -0.1) is 11.8 Å². The first-order valence-electron chi connectivity index (χ1n) is 8.05. The summed E-state index contributed by atoms with van der Waals surface area (Å²) in [4.78, 5) is 12.0. The van der Waals surface area contributed by atoms with Gasteiger partial charge in [-0.3, -0.25) is 4.79 Å². The van der Waals surface area contributed by atoms with Crippen LogP contribution in [0.1, 0.15) is 47.0 Å². The molecule has 0 aliphatic carbocycles. The summed E-state index contributed by atoms with van der Waals surface area (Å²) >= 11 is 1.15. The zero-order valence-electron chi connectivity index (χ0n) is 14.5. The first-order chi connectivity index (χ1) is 11.0. The number of carbonyl (C=O) groups excluding carboxylic acids is 1. The van der Waals surface area contributed by atoms with Crippen molar-refractivity contribution in [1.82, 2.24) is 0 Å². The third kappa shape index (κ3) is 9.69. The van der Waals surface area contributed by atoms with Gasteiger partial charge in [0.05, 0.1) is 6.61 Å². The van der Waals surface area contributed by atoms with Gasteiger partial charge in [0.15, 0.2) is 0 Å². The Morgan fingerprint density at radius 3 is 2.12 bits per heavy atom. The molecule has 0 rings (SSSR count). The lowest BCUT2D eigenvalue weighted by Gasteiger charge is -2.21.